The van der Waals surface area contributed by atoms with E-state index in [0.29, 0.717) is 36.6 Å². The Labute approximate surface area is 269 Å². The van der Waals surface area contributed by atoms with Gasteiger partial charge >= 0.3 is 11.8 Å². The lowest BCUT2D eigenvalue weighted by Gasteiger charge is -2.22. The maximum absolute atomic E-state index is 16.3. The fourth-order valence-corrected chi connectivity index (χ4v) is 4.74. The minimum absolute atomic E-state index is 0.114. The fraction of sp³-hybridized carbons (Fsp3) is 0.364. The Morgan fingerprint density at radius 3 is 2.59 bits per heavy atom. The van der Waals surface area contributed by atoms with Gasteiger partial charge in [-0.15, -0.1) is 5.10 Å². The Kier molecular flexibility index (Phi) is 10.8. The highest BCUT2D eigenvalue weighted by Gasteiger charge is 2.27. The van der Waals surface area contributed by atoms with Crippen molar-refractivity contribution in [2.24, 2.45) is 0 Å². The molecule has 1 atom stereocenters. The molecular formula is C33H43BFN7O4. The minimum atomic E-state index is -0.934. The first-order valence-corrected chi connectivity index (χ1v) is 15.2. The molecule has 0 bridgehead atoms. The molecule has 0 spiro atoms. The van der Waals surface area contributed by atoms with Gasteiger partial charge in [0, 0.05) is 24.3 Å². The zero-order valence-electron chi connectivity index (χ0n) is 27.5. The normalized spacial score (nSPS) is 12.2. The molecule has 0 aliphatic rings. The van der Waals surface area contributed by atoms with Crippen LogP contribution >= 0.6 is 0 Å². The molecule has 1 heterocycles. The standard InChI is InChI=1S/C33H43BFN7O4/c1-7-20-16-23(28(35)27(17-20)45-15-14-41(5)6)29(30-39-31(43)42(40-30)26-11-9-8-10-25(26)36)38-22-12-13-24(34)21(18-22)19-37-32(44)46-33(2,3)4/h8-13,16-18,29,38H,7,14-15,19,34,36H2,1-6H3,(H,37,44)(H,39,40,43). The second-order valence-corrected chi connectivity index (χ2v) is 12.4. The quantitative estimate of drug-likeness (QED) is 0.138. The maximum Gasteiger partial charge on any atom is 0.407 e. The molecule has 11 nitrogen and oxygen atoms in total. The maximum atomic E-state index is 16.3. The molecule has 244 valence electrons. The molecule has 0 fully saturated rings. The van der Waals surface area contributed by atoms with Gasteiger partial charge < -0.3 is 30.7 Å². The van der Waals surface area contributed by atoms with E-state index in [1.807, 2.05) is 52.0 Å². The summed E-state index contributed by atoms with van der Waals surface area (Å²) in [6.07, 6.45) is 0.0901. The van der Waals surface area contributed by atoms with Crippen LogP contribution in [-0.2, 0) is 17.7 Å². The van der Waals surface area contributed by atoms with Crippen LogP contribution in [-0.4, -0.2) is 66.5 Å². The Hall–Kier alpha value is -4.78. The zero-order chi connectivity index (χ0) is 33.6. The number of aromatic amines is 1. The molecule has 0 aliphatic heterocycles. The summed E-state index contributed by atoms with van der Waals surface area (Å²) in [5, 5.41) is 10.7. The van der Waals surface area contributed by atoms with Crippen LogP contribution in [0.3, 0.4) is 0 Å². The summed E-state index contributed by atoms with van der Waals surface area (Å²) in [6.45, 7) is 8.47. The number of hydrogen-bond donors (Lipinski definition) is 4. The van der Waals surface area contributed by atoms with E-state index in [9.17, 15) is 9.59 Å². The summed E-state index contributed by atoms with van der Waals surface area (Å²) in [7, 11) is 5.76. The highest BCUT2D eigenvalue weighted by Crippen LogP contribution is 2.33. The van der Waals surface area contributed by atoms with Gasteiger partial charge in [-0.25, -0.2) is 14.0 Å². The number of likely N-dealkylation sites (N-methyl/N-ethyl adjacent to an activating group) is 1. The van der Waals surface area contributed by atoms with E-state index in [0.717, 1.165) is 16.6 Å². The number of nitrogens with two attached hydrogens (primary N) is 1. The van der Waals surface area contributed by atoms with Crippen molar-refractivity contribution in [3.8, 4) is 11.4 Å². The molecule has 3 aromatic carbocycles. The monoisotopic (exact) mass is 631 g/mol. The Bertz CT molecular complexity index is 1730. The number of carbonyl (C=O) groups excluding carboxylic acids is 1. The van der Waals surface area contributed by atoms with Gasteiger partial charge in [-0.2, -0.15) is 4.68 Å². The van der Waals surface area contributed by atoms with Crippen LogP contribution in [0.4, 0.5) is 20.6 Å². The molecule has 46 heavy (non-hydrogen) atoms. The van der Waals surface area contributed by atoms with Crippen LogP contribution in [0.15, 0.2) is 59.4 Å². The van der Waals surface area contributed by atoms with Crippen molar-refractivity contribution in [2.45, 2.75) is 52.3 Å². The molecule has 1 unspecified atom stereocenters. The third-order valence-corrected chi connectivity index (χ3v) is 7.20. The Morgan fingerprint density at radius 2 is 1.91 bits per heavy atom. The highest BCUT2D eigenvalue weighted by molar-refractivity contribution is 6.33. The third kappa shape index (κ3) is 8.69. The zero-order valence-corrected chi connectivity index (χ0v) is 27.5. The van der Waals surface area contributed by atoms with Gasteiger partial charge in [-0.05, 0) is 82.7 Å². The molecule has 4 rings (SSSR count). The number of nitrogens with one attached hydrogen (secondary N) is 3. The molecule has 1 aromatic heterocycles. The number of halogens is 1. The number of rotatable bonds is 12. The number of alkyl carbamates (subject to hydrolysis) is 1. The smallest absolute Gasteiger partial charge is 0.407 e. The number of ether oxygens (including phenoxy) is 2. The summed E-state index contributed by atoms with van der Waals surface area (Å²) in [5.41, 5.74) is 9.23. The van der Waals surface area contributed by atoms with Crippen molar-refractivity contribution in [1.82, 2.24) is 25.0 Å². The first-order chi connectivity index (χ1) is 21.8. The van der Waals surface area contributed by atoms with Crippen molar-refractivity contribution >= 4 is 30.8 Å². The number of H-pyrrole nitrogens is 1. The second kappa shape index (κ2) is 14.5. The van der Waals surface area contributed by atoms with Gasteiger partial charge in [-0.3, -0.25) is 4.98 Å². The number of aromatic nitrogens is 3. The summed E-state index contributed by atoms with van der Waals surface area (Å²) in [4.78, 5) is 30.3. The van der Waals surface area contributed by atoms with Gasteiger partial charge in [0.2, 0.25) is 0 Å². The van der Waals surface area contributed by atoms with Gasteiger partial charge in [0.1, 0.15) is 26.1 Å². The van der Waals surface area contributed by atoms with Crippen molar-refractivity contribution in [2.75, 3.05) is 38.3 Å². The number of aryl methyl sites for hydroxylation is 1. The van der Waals surface area contributed by atoms with E-state index in [4.69, 9.17) is 15.2 Å². The molecule has 13 heteroatoms. The summed E-state index contributed by atoms with van der Waals surface area (Å²) in [6, 6.07) is 15.0. The SMILES string of the molecule is Bc1ccc(NC(c2nn(-c3ccccc3N)c(=O)[nH]2)c2cc(CC)cc(OCCN(C)C)c2F)cc1CNC(=O)OC(C)(C)C. The van der Waals surface area contributed by atoms with E-state index >= 15 is 4.39 Å². The van der Waals surface area contributed by atoms with Crippen LogP contribution in [0.5, 0.6) is 5.75 Å². The van der Waals surface area contributed by atoms with Gasteiger partial charge in [0.15, 0.2) is 17.4 Å². The molecule has 0 aliphatic carbocycles. The number of nitrogens with zero attached hydrogens (tertiary/aromatic N) is 3. The molecule has 1 amide bonds. The Balaban J connectivity index is 1.77. The first-order valence-electron chi connectivity index (χ1n) is 15.2. The number of benzene rings is 3. The third-order valence-electron chi connectivity index (χ3n) is 7.20. The van der Waals surface area contributed by atoms with E-state index in [1.165, 1.54) is 4.68 Å². The van der Waals surface area contributed by atoms with E-state index in [1.54, 1.807) is 57.2 Å². The summed E-state index contributed by atoms with van der Waals surface area (Å²) >= 11 is 0. The molecule has 0 saturated heterocycles. The van der Waals surface area contributed by atoms with Crippen LogP contribution in [0.1, 0.15) is 56.3 Å². The lowest BCUT2D eigenvalue weighted by atomic mass is 9.90. The number of nitrogen functional groups attached to an aromatic ring is 1. The van der Waals surface area contributed by atoms with Crippen LogP contribution in [0.2, 0.25) is 0 Å². The van der Waals surface area contributed by atoms with Crippen molar-refractivity contribution in [3.05, 3.63) is 93.4 Å². The van der Waals surface area contributed by atoms with E-state index in [2.05, 4.69) is 20.7 Å². The average molecular weight is 632 g/mol. The largest absolute Gasteiger partial charge is 0.489 e. The second-order valence-electron chi connectivity index (χ2n) is 12.4. The number of amides is 1. The van der Waals surface area contributed by atoms with Crippen molar-refractivity contribution in [3.63, 3.8) is 0 Å². The number of hydrogen-bond acceptors (Lipinski definition) is 8. The first kappa shape index (κ1) is 34.1. The lowest BCUT2D eigenvalue weighted by molar-refractivity contribution is 0.0523. The van der Waals surface area contributed by atoms with Crippen LogP contribution in [0.25, 0.3) is 5.69 Å². The predicted molar refractivity (Wildman–Crippen MR) is 182 cm³/mol. The molecule has 5 N–H and O–H groups in total. The molecule has 0 saturated carbocycles. The minimum Gasteiger partial charge on any atom is -0.489 e. The van der Waals surface area contributed by atoms with Crippen LogP contribution < -0.4 is 32.3 Å². The molecule has 0 radical (unpaired) electrons. The topological polar surface area (TPSA) is 140 Å². The lowest BCUT2D eigenvalue weighted by Crippen LogP contribution is -2.33. The van der Waals surface area contributed by atoms with E-state index < -0.39 is 29.2 Å². The average Bonchev–Trinajstić information content (AvgIpc) is 3.37. The number of para-hydroxylation sites is 2. The molecule has 4 aromatic rings. The number of carbonyl (C=O) groups is 1. The Morgan fingerprint density at radius 1 is 1.17 bits per heavy atom. The van der Waals surface area contributed by atoms with Crippen molar-refractivity contribution < 1.29 is 18.7 Å². The fourth-order valence-electron chi connectivity index (χ4n) is 4.74. The number of anilines is 2. The predicted octanol–water partition coefficient (Wildman–Crippen LogP) is 3.27. The molecular weight excluding hydrogens is 588 g/mol. The van der Waals surface area contributed by atoms with Gasteiger partial charge in [-0.1, -0.05) is 36.7 Å². The van der Waals surface area contributed by atoms with Crippen LogP contribution in [0, 0.1) is 5.82 Å². The summed E-state index contributed by atoms with van der Waals surface area (Å²) < 4.78 is 28.8. The van der Waals surface area contributed by atoms with Crippen molar-refractivity contribution in [1.29, 1.82) is 0 Å². The highest BCUT2D eigenvalue weighted by atomic mass is 19.1. The van der Waals surface area contributed by atoms with Gasteiger partial charge in [0.05, 0.1) is 11.4 Å². The van der Waals surface area contributed by atoms with E-state index in [-0.39, 0.29) is 23.7 Å². The summed E-state index contributed by atoms with van der Waals surface area (Å²) in [5.74, 6) is -0.279. The van der Waals surface area contributed by atoms with Gasteiger partial charge in [0.25, 0.3) is 0 Å².